The molecule has 0 amide bonds. The highest BCUT2D eigenvalue weighted by molar-refractivity contribution is 6.74. The number of rotatable bonds is 9. The summed E-state index contributed by atoms with van der Waals surface area (Å²) in [5, 5.41) is 48.1. The lowest BCUT2D eigenvalue weighted by molar-refractivity contribution is -0.290. The largest absolute Gasteiger partial charge is 0.497 e. The molecule has 286 valence electrons. The smallest absolute Gasteiger partial charge is 0.338 e. The fourth-order valence-corrected chi connectivity index (χ4v) is 10.1. The van der Waals surface area contributed by atoms with Crippen molar-refractivity contribution in [3.05, 3.63) is 65.7 Å². The highest BCUT2D eigenvalue weighted by Gasteiger charge is 2.76. The van der Waals surface area contributed by atoms with E-state index < -0.39 is 90.7 Å². The van der Waals surface area contributed by atoms with E-state index in [9.17, 15) is 30.0 Å². The number of methoxy groups -OCH3 is 1. The molecule has 0 aromatic heterocycles. The maximum absolute atomic E-state index is 15.7. The van der Waals surface area contributed by atoms with Crippen molar-refractivity contribution in [2.24, 2.45) is 22.7 Å². The standard InChI is InChI=1S/C40H56O11Si/c1-36(2,3)52(8,9)51-30-21-29(43)39(46,23-41)32-34(50-35(45)25-13-11-10-12-14-25)40(47)28(42)20-19-27(37(40,4)5)31(33(44)38(30,32)6)49-22-24-15-17-26(48-7)18-16-24/h10-18,27,29-32,34,41,43,46-47H,19-23H2,1-9H3/t27-,29-,30-,31+,32-,34-,38+,39-,40-/m0/s1. The second-order valence-corrected chi connectivity index (χ2v) is 22.0. The highest BCUT2D eigenvalue weighted by atomic mass is 28.4. The number of aliphatic hydroxyl groups excluding tert-OH is 2. The number of fused-ring (bicyclic) bond motifs is 3. The van der Waals surface area contributed by atoms with Gasteiger partial charge < -0.3 is 39.1 Å². The van der Waals surface area contributed by atoms with Crippen molar-refractivity contribution in [1.29, 1.82) is 0 Å². The fraction of sp³-hybridized carbons (Fsp3) is 0.625. The molecule has 0 heterocycles. The zero-order valence-electron chi connectivity index (χ0n) is 31.8. The summed E-state index contributed by atoms with van der Waals surface area (Å²) in [5.74, 6) is -3.91. The van der Waals surface area contributed by atoms with Gasteiger partial charge in [-0.25, -0.2) is 4.79 Å². The number of benzene rings is 2. The number of hydrogen-bond donors (Lipinski definition) is 4. The minimum Gasteiger partial charge on any atom is -0.497 e. The molecule has 2 aromatic rings. The predicted octanol–water partition coefficient (Wildman–Crippen LogP) is 4.63. The molecular formula is C40H56O11Si. The van der Waals surface area contributed by atoms with Crippen LogP contribution in [-0.2, 0) is 30.1 Å². The molecule has 0 radical (unpaired) electrons. The van der Waals surface area contributed by atoms with Crippen molar-refractivity contribution in [1.82, 2.24) is 0 Å². The van der Waals surface area contributed by atoms with E-state index in [1.807, 2.05) is 46.0 Å². The van der Waals surface area contributed by atoms with Crippen LogP contribution >= 0.6 is 0 Å². The van der Waals surface area contributed by atoms with Gasteiger partial charge in [0, 0.05) is 30.1 Å². The third-order valence-electron chi connectivity index (χ3n) is 13.1. The molecule has 3 saturated carbocycles. The monoisotopic (exact) mass is 740 g/mol. The van der Waals surface area contributed by atoms with E-state index in [-0.39, 0.29) is 36.5 Å². The molecular weight excluding hydrogens is 685 g/mol. The molecule has 12 heteroatoms. The summed E-state index contributed by atoms with van der Waals surface area (Å²) in [4.78, 5) is 44.1. The van der Waals surface area contributed by atoms with Gasteiger partial charge in [-0.05, 0) is 61.3 Å². The van der Waals surface area contributed by atoms with Crippen LogP contribution < -0.4 is 4.74 Å². The summed E-state index contributed by atoms with van der Waals surface area (Å²) in [6.07, 6.45) is -6.18. The zero-order chi connectivity index (χ0) is 38.7. The van der Waals surface area contributed by atoms with Crippen LogP contribution in [0.15, 0.2) is 54.6 Å². The van der Waals surface area contributed by atoms with Crippen molar-refractivity contribution in [2.45, 2.75) is 121 Å². The first-order chi connectivity index (χ1) is 24.1. The Morgan fingerprint density at radius 1 is 0.981 bits per heavy atom. The van der Waals surface area contributed by atoms with Gasteiger partial charge >= 0.3 is 5.97 Å². The number of ketones is 2. The molecule has 3 aliphatic rings. The van der Waals surface area contributed by atoms with Crippen molar-refractivity contribution in [3.8, 4) is 5.75 Å². The number of hydrogen-bond acceptors (Lipinski definition) is 11. The van der Waals surface area contributed by atoms with Crippen LogP contribution in [0.25, 0.3) is 0 Å². The predicted molar refractivity (Wildman–Crippen MR) is 195 cm³/mol. The average Bonchev–Trinajstić information content (AvgIpc) is 3.09. The molecule has 2 aromatic carbocycles. The molecule has 0 spiro atoms. The van der Waals surface area contributed by atoms with Crippen LogP contribution in [0.5, 0.6) is 5.75 Å². The first kappa shape index (κ1) is 40.2. The molecule has 3 fully saturated rings. The van der Waals surface area contributed by atoms with E-state index in [1.54, 1.807) is 58.2 Å². The Morgan fingerprint density at radius 3 is 2.15 bits per heavy atom. The van der Waals surface area contributed by atoms with Crippen LogP contribution in [0, 0.1) is 22.7 Å². The van der Waals surface area contributed by atoms with Crippen molar-refractivity contribution in [2.75, 3.05) is 13.7 Å². The maximum atomic E-state index is 15.7. The number of carbonyl (C=O) groups is 3. The molecule has 5 rings (SSSR count). The SMILES string of the molecule is COc1ccc(CO[C@H]2C(=O)[C@]3(C)[C@@H](O[Si](C)(C)C(C)(C)C)C[C@H](O)[C@@](O)(CO)[C@H]3[C@H](OC(=O)c3ccccc3)[C@@]3(O)C(=O)CC[C@@H]2C3(C)C)cc1. The zero-order valence-corrected chi connectivity index (χ0v) is 32.8. The van der Waals surface area contributed by atoms with E-state index in [1.165, 1.54) is 12.1 Å². The molecule has 4 N–H and O–H groups in total. The summed E-state index contributed by atoms with van der Waals surface area (Å²) in [7, 11) is -1.20. The summed E-state index contributed by atoms with van der Waals surface area (Å²) in [6, 6.07) is 15.2. The number of Topliss-reactive ketones (excluding diaryl/α,β-unsaturated/α-hetero) is 2. The van der Waals surface area contributed by atoms with Gasteiger partial charge in [-0.1, -0.05) is 65.0 Å². The lowest BCUT2D eigenvalue weighted by atomic mass is 9.44. The summed E-state index contributed by atoms with van der Waals surface area (Å²) < 4.78 is 25.1. The lowest BCUT2D eigenvalue weighted by Gasteiger charge is -2.65. The highest BCUT2D eigenvalue weighted by Crippen LogP contribution is 2.62. The first-order valence-corrected chi connectivity index (χ1v) is 21.0. The Hall–Kier alpha value is -2.97. The number of esters is 1. The van der Waals surface area contributed by atoms with Crippen LogP contribution in [0.2, 0.25) is 18.1 Å². The Bertz CT molecular complexity index is 1640. The Balaban J connectivity index is 1.78. The van der Waals surface area contributed by atoms with Gasteiger partial charge in [0.15, 0.2) is 25.5 Å². The van der Waals surface area contributed by atoms with Gasteiger partial charge in [0.1, 0.15) is 23.6 Å². The van der Waals surface area contributed by atoms with Crippen LogP contribution in [0.4, 0.5) is 0 Å². The first-order valence-electron chi connectivity index (χ1n) is 18.1. The number of ether oxygens (including phenoxy) is 3. The third kappa shape index (κ3) is 6.37. The van der Waals surface area contributed by atoms with E-state index in [0.717, 1.165) is 5.56 Å². The number of aliphatic hydroxyl groups is 4. The second kappa shape index (κ2) is 14.0. The van der Waals surface area contributed by atoms with Crippen molar-refractivity contribution in [3.63, 3.8) is 0 Å². The molecule has 2 bridgehead atoms. The quantitative estimate of drug-likeness (QED) is 0.209. The van der Waals surface area contributed by atoms with Gasteiger partial charge in [0.25, 0.3) is 0 Å². The topological polar surface area (TPSA) is 169 Å². The number of carbonyl (C=O) groups excluding carboxylic acids is 3. The molecule has 52 heavy (non-hydrogen) atoms. The Labute approximate surface area is 307 Å². The minimum absolute atomic E-state index is 0.00677. The molecule has 0 unspecified atom stereocenters. The Kier molecular flexibility index (Phi) is 10.8. The van der Waals surface area contributed by atoms with Gasteiger partial charge in [0.05, 0.1) is 43.5 Å². The van der Waals surface area contributed by atoms with E-state index in [0.29, 0.717) is 5.75 Å². The van der Waals surface area contributed by atoms with Gasteiger partial charge in [-0.3, -0.25) is 9.59 Å². The minimum atomic E-state index is -2.76. The van der Waals surface area contributed by atoms with Crippen LogP contribution in [0.3, 0.4) is 0 Å². The molecule has 0 saturated heterocycles. The maximum Gasteiger partial charge on any atom is 0.338 e. The van der Waals surface area contributed by atoms with Crippen molar-refractivity contribution < 1.29 is 53.4 Å². The molecule has 0 aliphatic heterocycles. The van der Waals surface area contributed by atoms with E-state index >= 15 is 4.79 Å². The van der Waals surface area contributed by atoms with Crippen molar-refractivity contribution >= 4 is 25.9 Å². The Morgan fingerprint density at radius 2 is 1.60 bits per heavy atom. The van der Waals surface area contributed by atoms with E-state index in [2.05, 4.69) is 0 Å². The second-order valence-electron chi connectivity index (χ2n) is 17.2. The molecule has 3 aliphatic carbocycles. The molecule has 11 nitrogen and oxygen atoms in total. The summed E-state index contributed by atoms with van der Waals surface area (Å²) in [5.41, 5.74) is -7.55. The van der Waals surface area contributed by atoms with E-state index in [4.69, 9.17) is 18.6 Å². The lowest BCUT2D eigenvalue weighted by Crippen LogP contribution is -2.80. The van der Waals surface area contributed by atoms with Gasteiger partial charge in [-0.15, -0.1) is 0 Å². The van der Waals surface area contributed by atoms with Crippen LogP contribution in [0.1, 0.15) is 76.7 Å². The summed E-state index contributed by atoms with van der Waals surface area (Å²) >= 11 is 0. The average molecular weight is 741 g/mol. The molecule has 9 atom stereocenters. The van der Waals surface area contributed by atoms with Gasteiger partial charge in [-0.2, -0.15) is 0 Å². The van der Waals surface area contributed by atoms with Crippen LogP contribution in [-0.4, -0.2) is 95.6 Å². The normalized spacial score (nSPS) is 34.9. The fourth-order valence-electron chi connectivity index (χ4n) is 8.65. The summed E-state index contributed by atoms with van der Waals surface area (Å²) in [6.45, 7) is 13.9. The third-order valence-corrected chi connectivity index (χ3v) is 17.6. The van der Waals surface area contributed by atoms with Gasteiger partial charge in [0.2, 0.25) is 0 Å².